The molecule has 1 fully saturated rings. The molecule has 3 aromatic heterocycles. The van der Waals surface area contributed by atoms with E-state index in [2.05, 4.69) is 20.1 Å². The van der Waals surface area contributed by atoms with E-state index in [4.69, 9.17) is 10.5 Å². The largest absolute Gasteiger partial charge is 0.377 e. The van der Waals surface area contributed by atoms with Crippen LogP contribution >= 0.6 is 0 Å². The van der Waals surface area contributed by atoms with E-state index in [0.717, 1.165) is 5.56 Å². The number of halogens is 1. The van der Waals surface area contributed by atoms with Crippen molar-refractivity contribution in [2.24, 2.45) is 5.73 Å². The number of hydrogen-bond acceptors (Lipinski definition) is 6. The number of hydrogen-bond donors (Lipinski definition) is 3. The number of pyridine rings is 1. The molecule has 180 valence electrons. The molecule has 1 amide bonds. The van der Waals surface area contributed by atoms with E-state index in [0.29, 0.717) is 41.3 Å². The molecule has 1 aliphatic rings. The molecular weight excluding hydrogens is 463 g/mol. The summed E-state index contributed by atoms with van der Waals surface area (Å²) in [5.41, 5.74) is 6.21. The second-order valence-corrected chi connectivity index (χ2v) is 8.68. The fourth-order valence-electron chi connectivity index (χ4n) is 4.41. The number of nitrogens with one attached hydrogen (secondary N) is 1. The first-order chi connectivity index (χ1) is 17.4. The number of primary amides is 1. The number of imidazole rings is 1. The minimum absolute atomic E-state index is 0.183. The van der Waals surface area contributed by atoms with Crippen molar-refractivity contribution < 1.29 is 19.0 Å². The lowest BCUT2D eigenvalue weighted by Gasteiger charge is -2.26. The summed E-state index contributed by atoms with van der Waals surface area (Å²) in [5.74, 6) is -1.26. The van der Waals surface area contributed by atoms with Gasteiger partial charge in [-0.25, -0.2) is 14.4 Å². The van der Waals surface area contributed by atoms with Crippen molar-refractivity contribution in [1.82, 2.24) is 24.7 Å². The first-order valence-electron chi connectivity index (χ1n) is 11.3. The molecule has 0 bridgehead atoms. The SMILES string of the molecule is NC(=O)C(O)(c1ccccc1)c1ccc(-c2ccnc3nc(-c4cnn(C5COC5)c4)[nH]c23)cc1F. The molecule has 6 rings (SSSR count). The topological polar surface area (TPSA) is 132 Å². The number of nitrogens with two attached hydrogens (primary N) is 1. The van der Waals surface area contributed by atoms with Crippen molar-refractivity contribution in [3.8, 4) is 22.5 Å². The lowest BCUT2D eigenvalue weighted by Crippen LogP contribution is -2.42. The van der Waals surface area contributed by atoms with Crippen LogP contribution in [0.25, 0.3) is 33.7 Å². The number of rotatable bonds is 6. The molecule has 1 aliphatic heterocycles. The zero-order valence-corrected chi connectivity index (χ0v) is 18.9. The van der Waals surface area contributed by atoms with Crippen molar-refractivity contribution in [2.45, 2.75) is 11.6 Å². The van der Waals surface area contributed by atoms with Gasteiger partial charge in [0.1, 0.15) is 11.6 Å². The fraction of sp³-hybridized carbons (Fsp3) is 0.154. The highest BCUT2D eigenvalue weighted by molar-refractivity contribution is 5.92. The number of ether oxygens (including phenoxy) is 1. The van der Waals surface area contributed by atoms with Gasteiger partial charge in [0.15, 0.2) is 11.2 Å². The Morgan fingerprint density at radius 1 is 1.17 bits per heavy atom. The molecular formula is C26H21FN6O3. The molecule has 0 spiro atoms. The summed E-state index contributed by atoms with van der Waals surface area (Å²) in [7, 11) is 0. The van der Waals surface area contributed by atoms with Crippen LogP contribution in [0.4, 0.5) is 4.39 Å². The Kier molecular flexibility index (Phi) is 5.13. The van der Waals surface area contributed by atoms with Crippen LogP contribution in [0.1, 0.15) is 17.2 Å². The highest BCUT2D eigenvalue weighted by Gasteiger charge is 2.40. The molecule has 1 saturated heterocycles. The van der Waals surface area contributed by atoms with E-state index >= 15 is 4.39 Å². The van der Waals surface area contributed by atoms with Gasteiger partial charge < -0.3 is 20.6 Å². The number of nitrogens with zero attached hydrogens (tertiary/aromatic N) is 4. The molecule has 0 saturated carbocycles. The molecule has 0 radical (unpaired) electrons. The van der Waals surface area contributed by atoms with E-state index in [1.165, 1.54) is 24.3 Å². The second kappa shape index (κ2) is 8.36. The molecule has 4 heterocycles. The van der Waals surface area contributed by atoms with Gasteiger partial charge in [-0.1, -0.05) is 42.5 Å². The summed E-state index contributed by atoms with van der Waals surface area (Å²) in [6, 6.07) is 14.3. The number of aromatic nitrogens is 5. The Morgan fingerprint density at radius 3 is 2.67 bits per heavy atom. The lowest BCUT2D eigenvalue weighted by molar-refractivity contribution is -0.133. The van der Waals surface area contributed by atoms with Crippen LogP contribution in [-0.4, -0.2) is 49.0 Å². The van der Waals surface area contributed by atoms with Gasteiger partial charge in [-0.2, -0.15) is 5.10 Å². The van der Waals surface area contributed by atoms with E-state index in [1.54, 1.807) is 42.7 Å². The molecule has 0 aliphatic carbocycles. The van der Waals surface area contributed by atoms with Crippen LogP contribution in [0.15, 0.2) is 73.2 Å². The van der Waals surface area contributed by atoms with Crippen molar-refractivity contribution in [3.63, 3.8) is 0 Å². The Labute approximate surface area is 204 Å². The van der Waals surface area contributed by atoms with E-state index in [-0.39, 0.29) is 17.2 Å². The predicted molar refractivity (Wildman–Crippen MR) is 129 cm³/mol. The zero-order chi connectivity index (χ0) is 24.9. The number of H-pyrrole nitrogens is 1. The normalized spacial score (nSPS) is 15.5. The maximum absolute atomic E-state index is 15.4. The van der Waals surface area contributed by atoms with Gasteiger partial charge in [-0.05, 0) is 23.3 Å². The molecule has 10 heteroatoms. The summed E-state index contributed by atoms with van der Waals surface area (Å²) < 4.78 is 22.5. The highest BCUT2D eigenvalue weighted by atomic mass is 19.1. The van der Waals surface area contributed by atoms with Crippen LogP contribution in [0.3, 0.4) is 0 Å². The number of carbonyl (C=O) groups is 1. The molecule has 36 heavy (non-hydrogen) atoms. The first-order valence-corrected chi connectivity index (χ1v) is 11.3. The van der Waals surface area contributed by atoms with Crippen molar-refractivity contribution in [2.75, 3.05) is 13.2 Å². The van der Waals surface area contributed by atoms with Crippen LogP contribution in [0.2, 0.25) is 0 Å². The smallest absolute Gasteiger partial charge is 0.258 e. The number of fused-ring (bicyclic) bond motifs is 1. The lowest BCUT2D eigenvalue weighted by atomic mass is 9.84. The predicted octanol–water partition coefficient (Wildman–Crippen LogP) is 2.92. The quantitative estimate of drug-likeness (QED) is 0.340. The highest BCUT2D eigenvalue weighted by Crippen LogP contribution is 2.35. The molecule has 9 nitrogen and oxygen atoms in total. The van der Waals surface area contributed by atoms with Crippen molar-refractivity contribution in [3.05, 3.63) is 90.1 Å². The van der Waals surface area contributed by atoms with Gasteiger partial charge in [0.25, 0.3) is 5.91 Å². The Hall–Kier alpha value is -4.41. The van der Waals surface area contributed by atoms with Crippen LogP contribution < -0.4 is 5.73 Å². The van der Waals surface area contributed by atoms with Gasteiger partial charge >= 0.3 is 0 Å². The van der Waals surface area contributed by atoms with Crippen LogP contribution in [-0.2, 0) is 15.1 Å². The average Bonchev–Trinajstić information content (AvgIpc) is 3.50. The molecule has 1 atom stereocenters. The number of aromatic amines is 1. The fourth-order valence-corrected chi connectivity index (χ4v) is 4.41. The minimum Gasteiger partial charge on any atom is -0.377 e. The third-order valence-electron chi connectivity index (χ3n) is 6.48. The number of carbonyl (C=O) groups excluding carboxylic acids is 1. The number of benzene rings is 2. The van der Waals surface area contributed by atoms with E-state index < -0.39 is 17.3 Å². The summed E-state index contributed by atoms with van der Waals surface area (Å²) in [5, 5.41) is 15.6. The monoisotopic (exact) mass is 484 g/mol. The maximum Gasteiger partial charge on any atom is 0.258 e. The summed E-state index contributed by atoms with van der Waals surface area (Å²) >= 11 is 0. The van der Waals surface area contributed by atoms with Gasteiger partial charge in [-0.3, -0.25) is 9.48 Å². The average molecular weight is 484 g/mol. The number of aliphatic hydroxyl groups is 1. The van der Waals surface area contributed by atoms with E-state index in [9.17, 15) is 9.90 Å². The third-order valence-corrected chi connectivity index (χ3v) is 6.48. The standard InChI is InChI=1S/C26H21FN6O3/c27-21-10-15(6-7-20(21)26(35,25(28)34)17-4-2-1-3-5-17)19-8-9-29-24-22(19)31-23(32-24)16-11-30-33(12-16)18-13-36-14-18/h1-12,18,35H,13-14H2,(H2,28,34)(H,29,31,32). The van der Waals surface area contributed by atoms with Gasteiger partial charge in [0, 0.05) is 23.5 Å². The summed E-state index contributed by atoms with van der Waals surface area (Å²) in [4.78, 5) is 24.5. The van der Waals surface area contributed by atoms with Crippen LogP contribution in [0.5, 0.6) is 0 Å². The van der Waals surface area contributed by atoms with Crippen LogP contribution in [0, 0.1) is 5.82 Å². The van der Waals surface area contributed by atoms with Crippen molar-refractivity contribution >= 4 is 17.1 Å². The number of amides is 1. The molecule has 5 aromatic rings. The third kappa shape index (κ3) is 3.46. The molecule has 2 aromatic carbocycles. The van der Waals surface area contributed by atoms with Gasteiger partial charge in [-0.15, -0.1) is 0 Å². The van der Waals surface area contributed by atoms with Crippen molar-refractivity contribution in [1.29, 1.82) is 0 Å². The minimum atomic E-state index is -2.32. The van der Waals surface area contributed by atoms with Gasteiger partial charge in [0.2, 0.25) is 0 Å². The maximum atomic E-state index is 15.4. The Bertz CT molecular complexity index is 1590. The van der Waals surface area contributed by atoms with E-state index in [1.807, 2.05) is 10.9 Å². The summed E-state index contributed by atoms with van der Waals surface area (Å²) in [6.07, 6.45) is 5.21. The first kappa shape index (κ1) is 22.1. The zero-order valence-electron chi connectivity index (χ0n) is 18.9. The Morgan fingerprint density at radius 2 is 1.97 bits per heavy atom. The van der Waals surface area contributed by atoms with Gasteiger partial charge in [0.05, 0.1) is 36.5 Å². The molecule has 1 unspecified atom stereocenters. The Balaban J connectivity index is 1.40. The summed E-state index contributed by atoms with van der Waals surface area (Å²) in [6.45, 7) is 1.26. The molecule has 4 N–H and O–H groups in total. The second-order valence-electron chi connectivity index (χ2n) is 8.68.